The molecule has 0 unspecified atom stereocenters. The second-order valence-electron chi connectivity index (χ2n) is 7.97. The average Bonchev–Trinajstić information content (AvgIpc) is 2.93. The van der Waals surface area contributed by atoms with Crippen LogP contribution >= 0.6 is 0 Å². The van der Waals surface area contributed by atoms with Crippen LogP contribution in [0, 0.1) is 5.92 Å². The molecule has 1 amide bonds. The van der Waals surface area contributed by atoms with E-state index < -0.39 is 11.9 Å². The number of amides is 1. The zero-order valence-electron chi connectivity index (χ0n) is 16.6. The Bertz CT molecular complexity index is 654. The lowest BCUT2D eigenvalue weighted by Crippen LogP contribution is -2.44. The van der Waals surface area contributed by atoms with E-state index in [1.807, 2.05) is 9.80 Å². The molecular weight excluding hydrogens is 369 g/mol. The lowest BCUT2D eigenvalue weighted by atomic mass is 9.95. The van der Waals surface area contributed by atoms with Gasteiger partial charge in [0.15, 0.2) is 0 Å². The van der Waals surface area contributed by atoms with Crippen LogP contribution in [0.3, 0.4) is 0 Å². The van der Waals surface area contributed by atoms with Crippen LogP contribution in [0.15, 0.2) is 18.3 Å². The van der Waals surface area contributed by atoms with E-state index in [0.717, 1.165) is 51.5 Å². The van der Waals surface area contributed by atoms with E-state index in [1.165, 1.54) is 12.3 Å². The first-order valence-corrected chi connectivity index (χ1v) is 10.1. The molecule has 0 spiro atoms. The van der Waals surface area contributed by atoms with Crippen LogP contribution in [0.5, 0.6) is 0 Å². The van der Waals surface area contributed by atoms with Crippen LogP contribution in [0.4, 0.5) is 18.9 Å². The summed E-state index contributed by atoms with van der Waals surface area (Å²) in [5.41, 5.74) is -0.195. The second kappa shape index (κ2) is 8.68. The molecule has 1 aromatic heterocycles. The predicted molar refractivity (Wildman–Crippen MR) is 102 cm³/mol. The highest BCUT2D eigenvalue weighted by Crippen LogP contribution is 2.30. The lowest BCUT2D eigenvalue weighted by molar-refractivity contribution is -0.141. The first-order valence-electron chi connectivity index (χ1n) is 10.1. The Balaban J connectivity index is 1.53. The minimum Gasteiger partial charge on any atom is -0.370 e. The highest BCUT2D eigenvalue weighted by atomic mass is 19.4. The maximum Gasteiger partial charge on any atom is 0.433 e. The summed E-state index contributed by atoms with van der Waals surface area (Å²) in [6.45, 7) is 9.23. The number of piperidine rings is 1. The van der Waals surface area contributed by atoms with Crippen LogP contribution in [-0.4, -0.2) is 66.0 Å². The third-order valence-corrected chi connectivity index (χ3v) is 5.82. The van der Waals surface area contributed by atoms with Crippen molar-refractivity contribution in [3.05, 3.63) is 24.0 Å². The number of pyridine rings is 1. The Hall–Kier alpha value is -1.83. The molecule has 1 aromatic rings. The molecule has 2 fully saturated rings. The molecular formula is C20H29F3N4O. The van der Waals surface area contributed by atoms with E-state index in [1.54, 1.807) is 0 Å². The lowest BCUT2D eigenvalue weighted by Gasteiger charge is -2.35. The standard InChI is InChI=1S/C20H29F3N4O/c1-15(2)25-8-3-9-27(13-12-25)19(28)16-6-10-26(11-7-16)17-4-5-18(24-14-17)20(21,22)23/h4-5,14-16H,3,6-13H2,1-2H3. The van der Waals surface area contributed by atoms with Crippen LogP contribution in [0.25, 0.3) is 0 Å². The molecule has 8 heteroatoms. The number of anilines is 1. The van der Waals surface area contributed by atoms with Gasteiger partial charge >= 0.3 is 6.18 Å². The molecule has 28 heavy (non-hydrogen) atoms. The van der Waals surface area contributed by atoms with E-state index >= 15 is 0 Å². The van der Waals surface area contributed by atoms with E-state index in [2.05, 4.69) is 23.7 Å². The number of alkyl halides is 3. The van der Waals surface area contributed by atoms with E-state index in [9.17, 15) is 18.0 Å². The van der Waals surface area contributed by atoms with Crippen molar-refractivity contribution < 1.29 is 18.0 Å². The van der Waals surface area contributed by atoms with Crippen molar-refractivity contribution in [3.8, 4) is 0 Å². The summed E-state index contributed by atoms with van der Waals surface area (Å²) in [7, 11) is 0. The number of hydrogen-bond donors (Lipinski definition) is 0. The zero-order valence-corrected chi connectivity index (χ0v) is 16.6. The van der Waals surface area contributed by atoms with Gasteiger partial charge < -0.3 is 9.80 Å². The third kappa shape index (κ3) is 4.96. The molecule has 2 aliphatic rings. The Labute approximate surface area is 164 Å². The summed E-state index contributed by atoms with van der Waals surface area (Å²) in [5, 5.41) is 0. The molecule has 0 saturated carbocycles. The molecule has 0 aromatic carbocycles. The number of halogens is 3. The molecule has 0 radical (unpaired) electrons. The van der Waals surface area contributed by atoms with Gasteiger partial charge in [0.1, 0.15) is 5.69 Å². The van der Waals surface area contributed by atoms with Gasteiger partial charge in [-0.25, -0.2) is 4.98 Å². The second-order valence-corrected chi connectivity index (χ2v) is 7.97. The smallest absolute Gasteiger partial charge is 0.370 e. The minimum atomic E-state index is -4.42. The summed E-state index contributed by atoms with van der Waals surface area (Å²) in [6.07, 6.45) is -0.689. The van der Waals surface area contributed by atoms with Crippen molar-refractivity contribution in [1.29, 1.82) is 0 Å². The summed E-state index contributed by atoms with van der Waals surface area (Å²) in [6, 6.07) is 2.98. The van der Waals surface area contributed by atoms with Gasteiger partial charge in [0, 0.05) is 51.2 Å². The molecule has 2 saturated heterocycles. The predicted octanol–water partition coefficient (Wildman–Crippen LogP) is 3.26. The largest absolute Gasteiger partial charge is 0.433 e. The number of rotatable bonds is 3. The SMILES string of the molecule is CC(C)N1CCCN(C(=O)C2CCN(c3ccc(C(F)(F)F)nc3)CC2)CC1. The van der Waals surface area contributed by atoms with Gasteiger partial charge in [-0.1, -0.05) is 0 Å². The highest BCUT2D eigenvalue weighted by Gasteiger charge is 2.33. The Morgan fingerprint density at radius 3 is 2.36 bits per heavy atom. The van der Waals surface area contributed by atoms with Gasteiger partial charge in [-0.15, -0.1) is 0 Å². The fourth-order valence-electron chi connectivity index (χ4n) is 4.06. The maximum atomic E-state index is 12.9. The minimum absolute atomic E-state index is 0.00394. The summed E-state index contributed by atoms with van der Waals surface area (Å²) in [5.74, 6) is 0.236. The number of carbonyl (C=O) groups is 1. The number of nitrogens with zero attached hydrogens (tertiary/aromatic N) is 4. The quantitative estimate of drug-likeness (QED) is 0.784. The summed E-state index contributed by atoms with van der Waals surface area (Å²) >= 11 is 0. The van der Waals surface area contributed by atoms with Crippen molar-refractivity contribution in [1.82, 2.24) is 14.8 Å². The molecule has 0 bridgehead atoms. The van der Waals surface area contributed by atoms with E-state index in [-0.39, 0.29) is 11.8 Å². The molecule has 2 aliphatic heterocycles. The van der Waals surface area contributed by atoms with E-state index in [4.69, 9.17) is 0 Å². The summed E-state index contributed by atoms with van der Waals surface area (Å²) < 4.78 is 38.0. The number of aromatic nitrogens is 1. The fraction of sp³-hybridized carbons (Fsp3) is 0.700. The van der Waals surface area contributed by atoms with Gasteiger partial charge in [-0.05, 0) is 45.2 Å². The van der Waals surface area contributed by atoms with Crippen LogP contribution in [0.1, 0.15) is 38.8 Å². The Morgan fingerprint density at radius 2 is 1.79 bits per heavy atom. The maximum absolute atomic E-state index is 12.9. The first kappa shape index (κ1) is 20.9. The molecule has 5 nitrogen and oxygen atoms in total. The molecule has 0 atom stereocenters. The third-order valence-electron chi connectivity index (χ3n) is 5.82. The van der Waals surface area contributed by atoms with E-state index in [0.29, 0.717) is 24.8 Å². The molecule has 3 rings (SSSR count). The van der Waals surface area contributed by atoms with Gasteiger partial charge in [-0.2, -0.15) is 13.2 Å². The fourth-order valence-corrected chi connectivity index (χ4v) is 4.06. The number of hydrogen-bond acceptors (Lipinski definition) is 4. The monoisotopic (exact) mass is 398 g/mol. The molecule has 3 heterocycles. The summed E-state index contributed by atoms with van der Waals surface area (Å²) in [4.78, 5) is 22.9. The molecule has 0 aliphatic carbocycles. The van der Waals surface area contributed by atoms with Gasteiger partial charge in [-0.3, -0.25) is 9.69 Å². The van der Waals surface area contributed by atoms with Crippen molar-refractivity contribution >= 4 is 11.6 Å². The van der Waals surface area contributed by atoms with Crippen LogP contribution < -0.4 is 4.90 Å². The van der Waals surface area contributed by atoms with Crippen molar-refractivity contribution in [2.45, 2.75) is 45.3 Å². The van der Waals surface area contributed by atoms with Crippen LogP contribution in [-0.2, 0) is 11.0 Å². The Morgan fingerprint density at radius 1 is 1.07 bits per heavy atom. The van der Waals surface area contributed by atoms with Crippen molar-refractivity contribution in [3.63, 3.8) is 0 Å². The number of carbonyl (C=O) groups excluding carboxylic acids is 1. The van der Waals surface area contributed by atoms with Gasteiger partial charge in [0.2, 0.25) is 5.91 Å². The van der Waals surface area contributed by atoms with Gasteiger partial charge in [0.05, 0.1) is 11.9 Å². The molecule has 0 N–H and O–H groups in total. The topological polar surface area (TPSA) is 39.7 Å². The van der Waals surface area contributed by atoms with Crippen molar-refractivity contribution in [2.24, 2.45) is 5.92 Å². The van der Waals surface area contributed by atoms with Crippen molar-refractivity contribution in [2.75, 3.05) is 44.2 Å². The highest BCUT2D eigenvalue weighted by molar-refractivity contribution is 5.79. The normalized spacial score (nSPS) is 20.5. The zero-order chi connectivity index (χ0) is 20.3. The Kier molecular flexibility index (Phi) is 6.47. The van der Waals surface area contributed by atoms with Crippen LogP contribution in [0.2, 0.25) is 0 Å². The molecule has 156 valence electrons. The first-order chi connectivity index (χ1) is 13.3. The van der Waals surface area contributed by atoms with Gasteiger partial charge in [0.25, 0.3) is 0 Å². The average molecular weight is 398 g/mol.